The smallest absolute Gasteiger partial charge is 0.215 e. The summed E-state index contributed by atoms with van der Waals surface area (Å²) in [6.07, 6.45) is 5.10. The lowest BCUT2D eigenvalue weighted by atomic mass is 10.1. The number of aromatic nitrogens is 6. The summed E-state index contributed by atoms with van der Waals surface area (Å²) < 4.78 is 7.02. The number of benzene rings is 1. The lowest BCUT2D eigenvalue weighted by Gasteiger charge is -2.07. The molecule has 0 aliphatic heterocycles. The third-order valence-corrected chi connectivity index (χ3v) is 4.35. The molecule has 0 fully saturated rings. The van der Waals surface area contributed by atoms with Gasteiger partial charge in [0.05, 0.1) is 23.4 Å². The van der Waals surface area contributed by atoms with Crippen LogP contribution in [0.4, 0.5) is 0 Å². The van der Waals surface area contributed by atoms with E-state index in [1.165, 1.54) is 6.33 Å². The van der Waals surface area contributed by atoms with Crippen molar-refractivity contribution in [2.75, 3.05) is 7.11 Å². The molecule has 1 N–H and O–H groups in total. The second-order valence-corrected chi connectivity index (χ2v) is 6.07. The minimum absolute atomic E-state index is 0.515. The Bertz CT molecular complexity index is 1060. The van der Waals surface area contributed by atoms with Gasteiger partial charge in [-0.2, -0.15) is 10.2 Å². The van der Waals surface area contributed by atoms with Crippen molar-refractivity contribution >= 4 is 11.6 Å². The molecule has 0 amide bonds. The van der Waals surface area contributed by atoms with E-state index in [-0.39, 0.29) is 0 Å². The van der Waals surface area contributed by atoms with E-state index in [0.717, 1.165) is 22.4 Å². The van der Waals surface area contributed by atoms with Crippen molar-refractivity contribution < 1.29 is 4.74 Å². The molecule has 26 heavy (non-hydrogen) atoms. The molecule has 0 saturated carbocycles. The number of pyridine rings is 1. The fourth-order valence-corrected chi connectivity index (χ4v) is 2.94. The van der Waals surface area contributed by atoms with E-state index in [2.05, 4.69) is 20.2 Å². The minimum atomic E-state index is 0.515. The second-order valence-electron chi connectivity index (χ2n) is 5.66. The Morgan fingerprint density at radius 1 is 1.15 bits per heavy atom. The highest BCUT2D eigenvalue weighted by molar-refractivity contribution is 6.33. The lowest BCUT2D eigenvalue weighted by Crippen LogP contribution is -2.00. The number of nitrogens with one attached hydrogen (secondary N) is 1. The van der Waals surface area contributed by atoms with Gasteiger partial charge in [-0.3, -0.25) is 5.10 Å². The zero-order valence-corrected chi connectivity index (χ0v) is 14.9. The van der Waals surface area contributed by atoms with Gasteiger partial charge in [-0.05, 0) is 18.6 Å². The quantitative estimate of drug-likeness (QED) is 0.595. The maximum atomic E-state index is 6.40. The molecular formula is C18H15ClN6O. The molecule has 0 radical (unpaired) electrons. The summed E-state index contributed by atoms with van der Waals surface area (Å²) in [5.74, 6) is 1.13. The molecule has 0 bridgehead atoms. The number of nitrogens with zero attached hydrogens (tertiary/aromatic N) is 5. The van der Waals surface area contributed by atoms with E-state index in [1.54, 1.807) is 18.0 Å². The topological polar surface area (TPSA) is 81.5 Å². The van der Waals surface area contributed by atoms with Crippen LogP contribution in [0.15, 0.2) is 49.1 Å². The number of methoxy groups -OCH3 is 1. The van der Waals surface area contributed by atoms with E-state index in [1.807, 2.05) is 43.5 Å². The Morgan fingerprint density at radius 2 is 2.00 bits per heavy atom. The van der Waals surface area contributed by atoms with Gasteiger partial charge in [0, 0.05) is 24.0 Å². The van der Waals surface area contributed by atoms with Gasteiger partial charge in [0.1, 0.15) is 12.0 Å². The third-order valence-electron chi connectivity index (χ3n) is 4.02. The van der Waals surface area contributed by atoms with Crippen molar-refractivity contribution in [3.8, 4) is 34.2 Å². The molecule has 8 heteroatoms. The monoisotopic (exact) mass is 366 g/mol. The van der Waals surface area contributed by atoms with Gasteiger partial charge < -0.3 is 4.74 Å². The number of hydrogen-bond donors (Lipinski definition) is 1. The van der Waals surface area contributed by atoms with Crippen molar-refractivity contribution in [3.05, 3.63) is 59.6 Å². The first kappa shape index (κ1) is 16.3. The molecule has 3 heterocycles. The molecule has 1 aromatic carbocycles. The fourth-order valence-electron chi connectivity index (χ4n) is 2.71. The Morgan fingerprint density at radius 3 is 2.73 bits per heavy atom. The Kier molecular flexibility index (Phi) is 4.14. The van der Waals surface area contributed by atoms with Crippen LogP contribution in [-0.2, 0) is 0 Å². The van der Waals surface area contributed by atoms with Gasteiger partial charge in [-0.25, -0.2) is 14.6 Å². The molecule has 0 saturated heterocycles. The highest BCUT2D eigenvalue weighted by Crippen LogP contribution is 2.34. The van der Waals surface area contributed by atoms with E-state index >= 15 is 0 Å². The molecule has 3 aromatic heterocycles. The number of ether oxygens (including phenoxy) is 1. The average Bonchev–Trinajstić information content (AvgIpc) is 3.32. The molecule has 130 valence electrons. The number of aryl methyl sites for hydroxylation is 1. The summed E-state index contributed by atoms with van der Waals surface area (Å²) >= 11 is 6.40. The summed E-state index contributed by atoms with van der Waals surface area (Å²) in [6, 6.07) is 9.40. The standard InChI is InChI=1S/C18H15ClN6O/c1-11-8-20-16(26-2)7-15(11)25-9-13(18-21-10-22-23-18)17(24-25)12-5-3-4-6-14(12)19/h3-10H,1-2H3,(H,21,22,23). The van der Waals surface area contributed by atoms with Crippen molar-refractivity contribution in [3.63, 3.8) is 0 Å². The zero-order valence-electron chi connectivity index (χ0n) is 14.1. The Balaban J connectivity index is 1.94. The molecule has 0 spiro atoms. The van der Waals surface area contributed by atoms with E-state index in [9.17, 15) is 0 Å². The first-order chi connectivity index (χ1) is 12.7. The predicted molar refractivity (Wildman–Crippen MR) is 98.5 cm³/mol. The number of H-pyrrole nitrogens is 1. The van der Waals surface area contributed by atoms with Crippen LogP contribution in [0.2, 0.25) is 5.02 Å². The van der Waals surface area contributed by atoms with Crippen molar-refractivity contribution in [2.45, 2.75) is 6.92 Å². The predicted octanol–water partition coefficient (Wildman–Crippen LogP) is 3.69. The molecular weight excluding hydrogens is 352 g/mol. The highest BCUT2D eigenvalue weighted by Gasteiger charge is 2.19. The summed E-state index contributed by atoms with van der Waals surface area (Å²) in [5, 5.41) is 12.2. The second kappa shape index (κ2) is 6.61. The van der Waals surface area contributed by atoms with Gasteiger partial charge >= 0.3 is 0 Å². The van der Waals surface area contributed by atoms with Crippen LogP contribution in [0, 0.1) is 6.92 Å². The van der Waals surface area contributed by atoms with Crippen molar-refractivity contribution in [1.82, 2.24) is 29.9 Å². The van der Waals surface area contributed by atoms with E-state index < -0.39 is 0 Å². The molecule has 0 atom stereocenters. The van der Waals surface area contributed by atoms with Crippen LogP contribution in [0.1, 0.15) is 5.56 Å². The van der Waals surface area contributed by atoms with Gasteiger partial charge in [0.25, 0.3) is 0 Å². The molecule has 7 nitrogen and oxygen atoms in total. The van der Waals surface area contributed by atoms with Crippen molar-refractivity contribution in [1.29, 1.82) is 0 Å². The summed E-state index contributed by atoms with van der Waals surface area (Å²) in [4.78, 5) is 8.49. The Labute approximate surface area is 154 Å². The summed E-state index contributed by atoms with van der Waals surface area (Å²) in [7, 11) is 1.58. The number of aromatic amines is 1. The largest absolute Gasteiger partial charge is 0.481 e. The number of hydrogen-bond acceptors (Lipinski definition) is 5. The third kappa shape index (κ3) is 2.82. The van der Waals surface area contributed by atoms with E-state index in [4.69, 9.17) is 21.4 Å². The van der Waals surface area contributed by atoms with Crippen LogP contribution in [0.25, 0.3) is 28.3 Å². The number of rotatable bonds is 4. The van der Waals surface area contributed by atoms with Crippen LogP contribution in [-0.4, -0.2) is 37.1 Å². The normalized spacial score (nSPS) is 10.9. The molecule has 0 aliphatic rings. The van der Waals surface area contributed by atoms with E-state index in [0.29, 0.717) is 22.4 Å². The molecule has 0 unspecified atom stereocenters. The average molecular weight is 367 g/mol. The first-order valence-corrected chi connectivity index (χ1v) is 8.26. The SMILES string of the molecule is COc1cc(-n2cc(-c3ncn[nH]3)c(-c3ccccc3Cl)n2)c(C)cn1. The van der Waals surface area contributed by atoms with Gasteiger partial charge in [-0.1, -0.05) is 29.8 Å². The zero-order chi connectivity index (χ0) is 18.1. The Hall–Kier alpha value is -3.19. The van der Waals surface area contributed by atoms with Gasteiger partial charge in [0.2, 0.25) is 5.88 Å². The van der Waals surface area contributed by atoms with Crippen LogP contribution in [0.3, 0.4) is 0 Å². The van der Waals surface area contributed by atoms with Crippen molar-refractivity contribution in [2.24, 2.45) is 0 Å². The number of halogens is 1. The molecule has 4 rings (SSSR count). The highest BCUT2D eigenvalue weighted by atomic mass is 35.5. The molecule has 0 aliphatic carbocycles. The summed E-state index contributed by atoms with van der Waals surface area (Å²) in [6.45, 7) is 1.97. The summed E-state index contributed by atoms with van der Waals surface area (Å²) in [5.41, 5.74) is 4.14. The van der Waals surface area contributed by atoms with Crippen LogP contribution >= 0.6 is 11.6 Å². The van der Waals surface area contributed by atoms with Gasteiger partial charge in [0.15, 0.2) is 5.82 Å². The van der Waals surface area contributed by atoms with Crippen LogP contribution in [0.5, 0.6) is 5.88 Å². The first-order valence-electron chi connectivity index (χ1n) is 7.88. The maximum absolute atomic E-state index is 6.40. The van der Waals surface area contributed by atoms with Crippen LogP contribution < -0.4 is 4.74 Å². The lowest BCUT2D eigenvalue weighted by molar-refractivity contribution is 0.397. The fraction of sp³-hybridized carbons (Fsp3) is 0.111. The minimum Gasteiger partial charge on any atom is -0.481 e. The maximum Gasteiger partial charge on any atom is 0.215 e. The molecule has 4 aromatic rings. The van der Waals surface area contributed by atoms with Gasteiger partial charge in [-0.15, -0.1) is 0 Å².